The Balaban J connectivity index is 1.61. The minimum absolute atomic E-state index is 0.272. The highest BCUT2D eigenvalue weighted by Gasteiger charge is 2.36. The zero-order chi connectivity index (χ0) is 13.9. The van der Waals surface area contributed by atoms with Crippen molar-refractivity contribution in [1.82, 2.24) is 9.62 Å². The molecule has 0 unspecified atom stereocenters. The van der Waals surface area contributed by atoms with Gasteiger partial charge in [-0.15, -0.1) is 0 Å². The van der Waals surface area contributed by atoms with E-state index in [1.165, 1.54) is 0 Å². The van der Waals surface area contributed by atoms with E-state index in [1.54, 1.807) is 0 Å². The van der Waals surface area contributed by atoms with E-state index in [1.807, 2.05) is 0 Å². The summed E-state index contributed by atoms with van der Waals surface area (Å²) in [5, 5.41) is -0.333. The lowest BCUT2D eigenvalue weighted by Gasteiger charge is -2.29. The van der Waals surface area contributed by atoms with Gasteiger partial charge in [-0.25, -0.2) is 8.42 Å². The van der Waals surface area contributed by atoms with Crippen molar-refractivity contribution in [3.8, 4) is 0 Å². The van der Waals surface area contributed by atoms with Gasteiger partial charge in [-0.1, -0.05) is 0 Å². The van der Waals surface area contributed by atoms with Crippen LogP contribution in [-0.2, 0) is 14.8 Å². The number of nitrogens with zero attached hydrogens (tertiary/aromatic N) is 1. The molecule has 0 aromatic heterocycles. The van der Waals surface area contributed by atoms with E-state index in [2.05, 4.69) is 9.62 Å². The Kier molecular flexibility index (Phi) is 4.81. The molecular formula is C12H23N3O3S. The average molecular weight is 289 g/mol. The summed E-state index contributed by atoms with van der Waals surface area (Å²) in [6, 6.07) is 0.309. The Bertz CT molecular complexity index is 412. The molecule has 0 bridgehead atoms. The fourth-order valence-electron chi connectivity index (χ4n) is 2.31. The number of carbonyl (C=O) groups is 1. The van der Waals surface area contributed by atoms with Crippen LogP contribution in [0.1, 0.15) is 38.5 Å². The second kappa shape index (κ2) is 6.19. The lowest BCUT2D eigenvalue weighted by atomic mass is 10.1. The van der Waals surface area contributed by atoms with E-state index in [4.69, 9.17) is 5.73 Å². The highest BCUT2D eigenvalue weighted by Crippen LogP contribution is 2.27. The van der Waals surface area contributed by atoms with Crippen molar-refractivity contribution >= 4 is 15.9 Å². The number of hydrogen-bond acceptors (Lipinski definition) is 5. The second-order valence-electron chi connectivity index (χ2n) is 5.55. The Morgan fingerprint density at radius 3 is 2.42 bits per heavy atom. The van der Waals surface area contributed by atoms with Gasteiger partial charge in [0.05, 0.1) is 5.25 Å². The molecular weight excluding hydrogens is 266 g/mol. The van der Waals surface area contributed by atoms with Crippen molar-refractivity contribution < 1.29 is 13.2 Å². The molecule has 0 atom stereocenters. The first-order valence-electron chi connectivity index (χ1n) is 7.00. The molecule has 2 fully saturated rings. The maximum atomic E-state index is 11.6. The summed E-state index contributed by atoms with van der Waals surface area (Å²) >= 11 is 0. The van der Waals surface area contributed by atoms with E-state index >= 15 is 0 Å². The smallest absolute Gasteiger partial charge is 0.237 e. The zero-order valence-electron chi connectivity index (χ0n) is 11.2. The lowest BCUT2D eigenvalue weighted by Crippen LogP contribution is -2.40. The lowest BCUT2D eigenvalue weighted by molar-refractivity contribution is -0.119. The summed E-state index contributed by atoms with van der Waals surface area (Å²) in [5.74, 6) is -0.374. The fourth-order valence-corrected chi connectivity index (χ4v) is 3.65. The van der Waals surface area contributed by atoms with Crippen molar-refractivity contribution in [2.45, 2.75) is 49.8 Å². The van der Waals surface area contributed by atoms with Crippen LogP contribution >= 0.6 is 0 Å². The van der Waals surface area contributed by atoms with Crippen molar-refractivity contribution in [3.63, 3.8) is 0 Å². The quantitative estimate of drug-likeness (QED) is 0.706. The van der Waals surface area contributed by atoms with Gasteiger partial charge in [0.2, 0.25) is 15.9 Å². The largest absolute Gasteiger partial charge is 0.328 e. The summed E-state index contributed by atoms with van der Waals surface area (Å²) in [4.78, 5) is 13.8. The van der Waals surface area contributed by atoms with Crippen molar-refractivity contribution in [3.05, 3.63) is 0 Å². The minimum Gasteiger partial charge on any atom is -0.328 e. The van der Waals surface area contributed by atoms with Crippen molar-refractivity contribution in [2.75, 3.05) is 19.6 Å². The Labute approximate surface area is 114 Å². The molecule has 1 saturated carbocycles. The van der Waals surface area contributed by atoms with Crippen LogP contribution < -0.4 is 10.5 Å². The number of amides is 1. The molecule has 6 nitrogen and oxygen atoms in total. The second-order valence-corrected chi connectivity index (χ2v) is 7.51. The molecule has 2 rings (SSSR count). The number of likely N-dealkylation sites (tertiary alicyclic amines) is 1. The molecule has 3 N–H and O–H groups in total. The maximum Gasteiger partial charge on any atom is 0.237 e. The molecule has 0 radical (unpaired) electrons. The average Bonchev–Trinajstić information content (AvgIpc) is 3.15. The molecule has 110 valence electrons. The van der Waals surface area contributed by atoms with Gasteiger partial charge < -0.3 is 10.6 Å². The molecule has 7 heteroatoms. The third-order valence-electron chi connectivity index (χ3n) is 3.73. The first-order chi connectivity index (χ1) is 8.97. The summed E-state index contributed by atoms with van der Waals surface area (Å²) in [6.07, 6.45) is 4.33. The van der Waals surface area contributed by atoms with E-state index in [0.29, 0.717) is 25.3 Å². The number of hydrogen-bond donors (Lipinski definition) is 2. The molecule has 1 saturated heterocycles. The van der Waals surface area contributed by atoms with Crippen LogP contribution in [-0.4, -0.2) is 50.2 Å². The molecule has 0 aromatic carbocycles. The van der Waals surface area contributed by atoms with E-state index < -0.39 is 10.0 Å². The molecule has 1 aliphatic heterocycles. The summed E-state index contributed by atoms with van der Waals surface area (Å²) in [7, 11) is -3.38. The van der Waals surface area contributed by atoms with Crippen LogP contribution in [0.3, 0.4) is 0 Å². The minimum atomic E-state index is -3.38. The van der Waals surface area contributed by atoms with Crippen molar-refractivity contribution in [1.29, 1.82) is 0 Å². The summed E-state index contributed by atoms with van der Waals surface area (Å²) in [6.45, 7) is 2.79. The number of nitrogens with one attached hydrogen (secondary N) is 1. The topological polar surface area (TPSA) is 92.5 Å². The number of carbonyl (C=O) groups excluding carboxylic acids is 1. The van der Waals surface area contributed by atoms with Crippen LogP contribution in [0.15, 0.2) is 0 Å². The third kappa shape index (κ3) is 4.74. The standard InChI is InChI=1S/C12H23N3O3S/c13-10-5-8-15(9-6-10)7-1-2-12(16)14-19(17,18)11-3-4-11/h10-11H,1-9,13H2,(H,14,16). The summed E-state index contributed by atoms with van der Waals surface area (Å²) in [5.41, 5.74) is 5.82. The van der Waals surface area contributed by atoms with Gasteiger partial charge in [-0.3, -0.25) is 9.52 Å². The molecule has 19 heavy (non-hydrogen) atoms. The predicted molar refractivity (Wildman–Crippen MR) is 73.0 cm³/mol. The third-order valence-corrected chi connectivity index (χ3v) is 5.59. The highest BCUT2D eigenvalue weighted by atomic mass is 32.2. The normalized spacial score (nSPS) is 22.4. The van der Waals surface area contributed by atoms with Crippen LogP contribution in [0.4, 0.5) is 0 Å². The first kappa shape index (κ1) is 14.7. The highest BCUT2D eigenvalue weighted by molar-refractivity contribution is 7.90. The number of rotatable bonds is 6. The predicted octanol–water partition coefficient (Wildman–Crippen LogP) is -0.202. The Morgan fingerprint density at radius 1 is 1.21 bits per heavy atom. The van der Waals surface area contributed by atoms with Crippen LogP contribution in [0, 0.1) is 0 Å². The van der Waals surface area contributed by atoms with Crippen molar-refractivity contribution in [2.24, 2.45) is 5.73 Å². The molecule has 1 amide bonds. The fraction of sp³-hybridized carbons (Fsp3) is 0.917. The molecule has 1 aliphatic carbocycles. The van der Waals surface area contributed by atoms with Gasteiger partial charge in [-0.05, 0) is 51.7 Å². The number of piperidine rings is 1. The van der Waals surface area contributed by atoms with E-state index in [-0.39, 0.29) is 17.6 Å². The Hall–Kier alpha value is -0.660. The van der Waals surface area contributed by atoms with E-state index in [9.17, 15) is 13.2 Å². The molecule has 0 spiro atoms. The summed E-state index contributed by atoms with van der Waals surface area (Å²) < 4.78 is 25.3. The van der Waals surface area contributed by atoms with Gasteiger partial charge in [0.25, 0.3) is 0 Å². The van der Waals surface area contributed by atoms with Gasteiger partial charge in [0, 0.05) is 12.5 Å². The number of sulfonamides is 1. The van der Waals surface area contributed by atoms with E-state index in [0.717, 1.165) is 32.5 Å². The van der Waals surface area contributed by atoms with Gasteiger partial charge in [0.1, 0.15) is 0 Å². The maximum absolute atomic E-state index is 11.6. The monoisotopic (exact) mass is 289 g/mol. The SMILES string of the molecule is NC1CCN(CCCC(=O)NS(=O)(=O)C2CC2)CC1. The van der Waals surface area contributed by atoms with Gasteiger partial charge in [-0.2, -0.15) is 0 Å². The van der Waals surface area contributed by atoms with Crippen LogP contribution in [0.25, 0.3) is 0 Å². The van der Waals surface area contributed by atoms with Crippen LogP contribution in [0.5, 0.6) is 0 Å². The van der Waals surface area contributed by atoms with Gasteiger partial charge in [0.15, 0.2) is 0 Å². The molecule has 2 aliphatic rings. The number of nitrogens with two attached hydrogens (primary N) is 1. The Morgan fingerprint density at radius 2 is 1.84 bits per heavy atom. The molecule has 0 aromatic rings. The first-order valence-corrected chi connectivity index (χ1v) is 8.54. The zero-order valence-corrected chi connectivity index (χ0v) is 12.0. The molecule has 1 heterocycles. The van der Waals surface area contributed by atoms with Crippen LogP contribution in [0.2, 0.25) is 0 Å². The van der Waals surface area contributed by atoms with Gasteiger partial charge >= 0.3 is 0 Å².